The van der Waals surface area contributed by atoms with Crippen LogP contribution in [0.3, 0.4) is 0 Å². The molecule has 0 amide bonds. The maximum Gasteiger partial charge on any atom is 0.310 e. The van der Waals surface area contributed by atoms with E-state index in [4.69, 9.17) is 0 Å². The summed E-state index contributed by atoms with van der Waals surface area (Å²) in [7, 11) is 0. The van der Waals surface area contributed by atoms with Crippen LogP contribution in [0.2, 0.25) is 0 Å². The normalized spacial score (nSPS) is 24.3. The number of carboxylic acid groups (broad SMARTS) is 1. The molecule has 0 bridgehead atoms. The molecule has 104 valence electrons. The zero-order valence-electron chi connectivity index (χ0n) is 11.6. The third kappa shape index (κ3) is 3.35. The van der Waals surface area contributed by atoms with Gasteiger partial charge >= 0.3 is 5.97 Å². The number of benzene rings is 1. The van der Waals surface area contributed by atoms with Crippen molar-refractivity contribution in [1.29, 1.82) is 0 Å². The molecule has 1 heterocycles. The number of likely N-dealkylation sites (tertiary alicyclic amines) is 1. The maximum atomic E-state index is 11.6. The van der Waals surface area contributed by atoms with Gasteiger partial charge in [0.25, 0.3) is 0 Å². The standard InChI is InChI=1S/C16H23NO2/c1-2-9-16(15(18)19)10-6-11-17(13-16)12-14-7-4-3-5-8-14/h3-5,7-8H,2,6,9-13H2,1H3,(H,18,19). The predicted molar refractivity (Wildman–Crippen MR) is 75.9 cm³/mol. The number of hydrogen-bond donors (Lipinski definition) is 1. The Labute approximate surface area is 115 Å². The van der Waals surface area contributed by atoms with Gasteiger partial charge < -0.3 is 5.11 Å². The van der Waals surface area contributed by atoms with Gasteiger partial charge in [-0.3, -0.25) is 9.69 Å². The van der Waals surface area contributed by atoms with Crippen LogP contribution in [0.5, 0.6) is 0 Å². The van der Waals surface area contributed by atoms with E-state index in [-0.39, 0.29) is 0 Å². The molecular formula is C16H23NO2. The largest absolute Gasteiger partial charge is 0.481 e. The van der Waals surface area contributed by atoms with Gasteiger partial charge in [0, 0.05) is 13.1 Å². The Morgan fingerprint density at radius 3 is 2.74 bits per heavy atom. The van der Waals surface area contributed by atoms with Crippen LogP contribution in [0.25, 0.3) is 0 Å². The van der Waals surface area contributed by atoms with Crippen molar-refractivity contribution in [3.05, 3.63) is 35.9 Å². The molecular weight excluding hydrogens is 238 g/mol. The van der Waals surface area contributed by atoms with Crippen molar-refractivity contribution in [2.45, 2.75) is 39.2 Å². The maximum absolute atomic E-state index is 11.6. The molecule has 1 N–H and O–H groups in total. The highest BCUT2D eigenvalue weighted by Gasteiger charge is 2.41. The lowest BCUT2D eigenvalue weighted by molar-refractivity contribution is -0.153. The van der Waals surface area contributed by atoms with Crippen LogP contribution in [-0.4, -0.2) is 29.1 Å². The zero-order chi connectivity index (χ0) is 13.7. The van der Waals surface area contributed by atoms with Crippen LogP contribution < -0.4 is 0 Å². The summed E-state index contributed by atoms with van der Waals surface area (Å²) in [6.45, 7) is 4.62. The number of carbonyl (C=O) groups is 1. The second-order valence-electron chi connectivity index (χ2n) is 5.64. The fourth-order valence-corrected chi connectivity index (χ4v) is 3.17. The number of carboxylic acids is 1. The van der Waals surface area contributed by atoms with Gasteiger partial charge in [-0.05, 0) is 31.4 Å². The molecule has 1 atom stereocenters. The average molecular weight is 261 g/mol. The Bertz CT molecular complexity index is 414. The van der Waals surface area contributed by atoms with Crippen molar-refractivity contribution in [2.75, 3.05) is 13.1 Å². The number of piperidine rings is 1. The SMILES string of the molecule is CCCC1(C(=O)O)CCCN(Cc2ccccc2)C1. The van der Waals surface area contributed by atoms with Gasteiger partial charge in [0.15, 0.2) is 0 Å². The third-order valence-electron chi connectivity index (χ3n) is 4.09. The van der Waals surface area contributed by atoms with Crippen LogP contribution in [-0.2, 0) is 11.3 Å². The molecule has 1 aliphatic heterocycles. The summed E-state index contributed by atoms with van der Waals surface area (Å²) in [6, 6.07) is 10.3. The highest BCUT2D eigenvalue weighted by atomic mass is 16.4. The number of aliphatic carboxylic acids is 1. The van der Waals surface area contributed by atoms with E-state index >= 15 is 0 Å². The molecule has 1 fully saturated rings. The monoisotopic (exact) mass is 261 g/mol. The summed E-state index contributed by atoms with van der Waals surface area (Å²) in [5.41, 5.74) is 0.738. The minimum absolute atomic E-state index is 0.526. The van der Waals surface area contributed by atoms with E-state index in [9.17, 15) is 9.90 Å². The van der Waals surface area contributed by atoms with Crippen LogP contribution in [0.15, 0.2) is 30.3 Å². The topological polar surface area (TPSA) is 40.5 Å². The van der Waals surface area contributed by atoms with Crippen LogP contribution >= 0.6 is 0 Å². The van der Waals surface area contributed by atoms with Crippen molar-refractivity contribution in [3.63, 3.8) is 0 Å². The van der Waals surface area contributed by atoms with Gasteiger partial charge in [-0.25, -0.2) is 0 Å². The lowest BCUT2D eigenvalue weighted by Crippen LogP contribution is -2.47. The first-order chi connectivity index (χ1) is 9.16. The molecule has 2 rings (SSSR count). The molecule has 0 aliphatic carbocycles. The quantitative estimate of drug-likeness (QED) is 0.885. The number of nitrogens with zero attached hydrogens (tertiary/aromatic N) is 1. The van der Waals surface area contributed by atoms with Gasteiger partial charge in [0.2, 0.25) is 0 Å². The second kappa shape index (κ2) is 6.20. The average Bonchev–Trinajstić information content (AvgIpc) is 2.40. The molecule has 1 aliphatic rings. The molecule has 1 unspecified atom stereocenters. The van der Waals surface area contributed by atoms with Crippen molar-refractivity contribution < 1.29 is 9.90 Å². The summed E-state index contributed by atoms with van der Waals surface area (Å²) in [4.78, 5) is 13.9. The first-order valence-electron chi connectivity index (χ1n) is 7.16. The highest BCUT2D eigenvalue weighted by Crippen LogP contribution is 2.35. The van der Waals surface area contributed by atoms with Gasteiger partial charge in [-0.15, -0.1) is 0 Å². The Hall–Kier alpha value is -1.35. The van der Waals surface area contributed by atoms with Crippen LogP contribution in [0.4, 0.5) is 0 Å². The molecule has 1 aromatic rings. The molecule has 1 saturated heterocycles. The smallest absolute Gasteiger partial charge is 0.310 e. The van der Waals surface area contributed by atoms with Gasteiger partial charge in [-0.1, -0.05) is 43.7 Å². The molecule has 19 heavy (non-hydrogen) atoms. The number of hydrogen-bond acceptors (Lipinski definition) is 2. The fourth-order valence-electron chi connectivity index (χ4n) is 3.17. The molecule has 3 heteroatoms. The van der Waals surface area contributed by atoms with E-state index in [1.807, 2.05) is 18.2 Å². The molecule has 0 saturated carbocycles. The molecule has 0 radical (unpaired) electrons. The summed E-state index contributed by atoms with van der Waals surface area (Å²) in [5.74, 6) is -0.618. The molecule has 0 spiro atoms. The Balaban J connectivity index is 2.05. The Kier molecular flexibility index (Phi) is 4.59. The Morgan fingerprint density at radius 2 is 2.11 bits per heavy atom. The van der Waals surface area contributed by atoms with Crippen molar-refractivity contribution in [2.24, 2.45) is 5.41 Å². The summed E-state index contributed by atoms with van der Waals surface area (Å²) < 4.78 is 0. The second-order valence-corrected chi connectivity index (χ2v) is 5.64. The van der Waals surface area contributed by atoms with Gasteiger partial charge in [-0.2, -0.15) is 0 Å². The van der Waals surface area contributed by atoms with E-state index < -0.39 is 11.4 Å². The minimum atomic E-state index is -0.618. The van der Waals surface area contributed by atoms with Crippen molar-refractivity contribution in [3.8, 4) is 0 Å². The van der Waals surface area contributed by atoms with Crippen LogP contribution in [0, 0.1) is 5.41 Å². The first-order valence-corrected chi connectivity index (χ1v) is 7.16. The minimum Gasteiger partial charge on any atom is -0.481 e. The number of rotatable bonds is 5. The lowest BCUT2D eigenvalue weighted by Gasteiger charge is -2.40. The summed E-state index contributed by atoms with van der Waals surface area (Å²) in [6.07, 6.45) is 3.53. The van der Waals surface area contributed by atoms with Gasteiger partial charge in [0.05, 0.1) is 5.41 Å². The summed E-state index contributed by atoms with van der Waals surface area (Å²) >= 11 is 0. The molecule has 0 aromatic heterocycles. The highest BCUT2D eigenvalue weighted by molar-refractivity contribution is 5.75. The van der Waals surface area contributed by atoms with Crippen LogP contribution in [0.1, 0.15) is 38.2 Å². The first kappa shape index (κ1) is 14.1. The third-order valence-corrected chi connectivity index (χ3v) is 4.09. The predicted octanol–water partition coefficient (Wildman–Crippen LogP) is 3.15. The fraction of sp³-hybridized carbons (Fsp3) is 0.562. The lowest BCUT2D eigenvalue weighted by atomic mass is 9.76. The van der Waals surface area contributed by atoms with Crippen molar-refractivity contribution >= 4 is 5.97 Å². The van der Waals surface area contributed by atoms with E-state index in [0.29, 0.717) is 6.54 Å². The van der Waals surface area contributed by atoms with E-state index in [2.05, 4.69) is 24.0 Å². The van der Waals surface area contributed by atoms with Crippen molar-refractivity contribution in [1.82, 2.24) is 4.90 Å². The zero-order valence-corrected chi connectivity index (χ0v) is 11.6. The van der Waals surface area contributed by atoms with Gasteiger partial charge in [0.1, 0.15) is 0 Å². The Morgan fingerprint density at radius 1 is 1.37 bits per heavy atom. The van der Waals surface area contributed by atoms with E-state index in [1.165, 1.54) is 5.56 Å². The molecule has 1 aromatic carbocycles. The summed E-state index contributed by atoms with van der Waals surface area (Å²) in [5, 5.41) is 9.58. The molecule has 3 nitrogen and oxygen atoms in total. The van der Waals surface area contributed by atoms with E-state index in [1.54, 1.807) is 0 Å². The van der Waals surface area contributed by atoms with E-state index in [0.717, 1.165) is 38.8 Å².